The van der Waals surface area contributed by atoms with Gasteiger partial charge >= 0.3 is 0 Å². The predicted octanol–water partition coefficient (Wildman–Crippen LogP) is 3.28. The van der Waals surface area contributed by atoms with Gasteiger partial charge in [0.1, 0.15) is 17.2 Å². The van der Waals surface area contributed by atoms with Crippen molar-refractivity contribution in [2.75, 3.05) is 11.1 Å². The molecule has 1 aromatic heterocycles. The van der Waals surface area contributed by atoms with Gasteiger partial charge in [0.2, 0.25) is 5.91 Å². The minimum absolute atomic E-state index is 0.129. The monoisotopic (exact) mass is 340 g/mol. The number of anilines is 2. The second-order valence-electron chi connectivity index (χ2n) is 5.35. The molecule has 8 heteroatoms. The van der Waals surface area contributed by atoms with Crippen LogP contribution in [0.2, 0.25) is 0 Å². The summed E-state index contributed by atoms with van der Waals surface area (Å²) >= 11 is 0. The van der Waals surface area contributed by atoms with E-state index in [2.05, 4.69) is 27.1 Å². The van der Waals surface area contributed by atoms with E-state index in [0.717, 1.165) is 0 Å². The first-order valence-electron chi connectivity index (χ1n) is 7.54. The normalized spacial score (nSPS) is 12.0. The van der Waals surface area contributed by atoms with Crippen molar-refractivity contribution >= 4 is 28.9 Å². The molecule has 0 bridgehead atoms. The maximum Gasteiger partial charge on any atom is 0.242 e. The Morgan fingerprint density at radius 3 is 2.56 bits per heavy atom. The Hall–Kier alpha value is -3.26. The lowest BCUT2D eigenvalue weighted by molar-refractivity contribution is -0.117. The SMILES string of the molecule is C=C(C)Oc1ccccc1N=Nc1ccc(NC(=O)[C@H](C)N)nc1N. The van der Waals surface area contributed by atoms with E-state index < -0.39 is 6.04 Å². The number of azo groups is 1. The van der Waals surface area contributed by atoms with Gasteiger partial charge in [-0.15, -0.1) is 10.2 Å². The molecule has 0 aliphatic heterocycles. The van der Waals surface area contributed by atoms with Crippen LogP contribution in [-0.2, 0) is 4.79 Å². The number of carbonyl (C=O) groups excluding carboxylic acids is 1. The van der Waals surface area contributed by atoms with Crippen LogP contribution in [0, 0.1) is 0 Å². The molecule has 1 amide bonds. The van der Waals surface area contributed by atoms with Crippen LogP contribution in [0.15, 0.2) is 59.0 Å². The van der Waals surface area contributed by atoms with Crippen molar-refractivity contribution in [3.63, 3.8) is 0 Å². The molecule has 5 N–H and O–H groups in total. The number of carbonyl (C=O) groups is 1. The number of benzene rings is 1. The van der Waals surface area contributed by atoms with E-state index in [-0.39, 0.29) is 11.7 Å². The van der Waals surface area contributed by atoms with Crippen molar-refractivity contribution in [1.29, 1.82) is 0 Å². The van der Waals surface area contributed by atoms with Gasteiger partial charge in [0, 0.05) is 0 Å². The van der Waals surface area contributed by atoms with Gasteiger partial charge in [0.15, 0.2) is 11.6 Å². The first-order chi connectivity index (χ1) is 11.9. The van der Waals surface area contributed by atoms with Gasteiger partial charge in [-0.1, -0.05) is 18.7 Å². The molecule has 25 heavy (non-hydrogen) atoms. The number of hydrogen-bond donors (Lipinski definition) is 3. The number of hydrogen-bond acceptors (Lipinski definition) is 7. The zero-order valence-corrected chi connectivity index (χ0v) is 14.1. The molecule has 8 nitrogen and oxygen atoms in total. The number of nitrogens with two attached hydrogens (primary N) is 2. The molecule has 2 rings (SSSR count). The fraction of sp³-hybridized carbons (Fsp3) is 0.176. The van der Waals surface area contributed by atoms with E-state index in [9.17, 15) is 4.79 Å². The average molecular weight is 340 g/mol. The number of nitrogens with one attached hydrogen (secondary N) is 1. The molecular weight excluding hydrogens is 320 g/mol. The van der Waals surface area contributed by atoms with E-state index in [1.54, 1.807) is 38.1 Å². The molecule has 1 atom stereocenters. The van der Waals surface area contributed by atoms with Gasteiger partial charge in [-0.2, -0.15) is 0 Å². The van der Waals surface area contributed by atoms with Crippen LogP contribution < -0.4 is 21.5 Å². The van der Waals surface area contributed by atoms with Crippen LogP contribution >= 0.6 is 0 Å². The number of rotatable bonds is 6. The van der Waals surface area contributed by atoms with E-state index in [4.69, 9.17) is 16.2 Å². The molecule has 0 unspecified atom stereocenters. The number of amides is 1. The Balaban J connectivity index is 2.19. The highest BCUT2D eigenvalue weighted by Gasteiger charge is 2.10. The Bertz CT molecular complexity index is 817. The molecule has 0 radical (unpaired) electrons. The molecule has 0 spiro atoms. The van der Waals surface area contributed by atoms with Crippen LogP contribution in [0.1, 0.15) is 13.8 Å². The quantitative estimate of drug-likeness (QED) is 0.549. The minimum atomic E-state index is -0.646. The summed E-state index contributed by atoms with van der Waals surface area (Å²) in [5.41, 5.74) is 12.2. The number of allylic oxidation sites excluding steroid dienone is 1. The van der Waals surface area contributed by atoms with Crippen LogP contribution in [0.25, 0.3) is 0 Å². The van der Waals surface area contributed by atoms with E-state index in [0.29, 0.717) is 28.7 Å². The van der Waals surface area contributed by atoms with Gasteiger partial charge in [0.05, 0.1) is 11.8 Å². The number of aromatic nitrogens is 1. The van der Waals surface area contributed by atoms with Gasteiger partial charge in [0.25, 0.3) is 0 Å². The summed E-state index contributed by atoms with van der Waals surface area (Å²) in [6.07, 6.45) is 0. The smallest absolute Gasteiger partial charge is 0.242 e. The molecule has 1 aromatic carbocycles. The molecule has 2 aromatic rings. The standard InChI is InChI=1S/C17H20N6O2/c1-10(2)25-14-7-5-4-6-12(14)22-23-13-8-9-15(20-16(13)19)21-17(24)11(3)18/h4-9,11H,1,18H2,2-3H3,(H3,19,20,21,24)/t11-/m0/s1. The van der Waals surface area contributed by atoms with Gasteiger partial charge in [-0.25, -0.2) is 4.98 Å². The maximum absolute atomic E-state index is 11.6. The summed E-state index contributed by atoms with van der Waals surface area (Å²) in [7, 11) is 0. The minimum Gasteiger partial charge on any atom is -0.460 e. The number of nitrogen functional groups attached to an aromatic ring is 1. The predicted molar refractivity (Wildman–Crippen MR) is 97.0 cm³/mol. The largest absolute Gasteiger partial charge is 0.460 e. The second-order valence-corrected chi connectivity index (χ2v) is 5.35. The second kappa shape index (κ2) is 8.02. The zero-order valence-electron chi connectivity index (χ0n) is 14.1. The summed E-state index contributed by atoms with van der Waals surface area (Å²) in [5, 5.41) is 10.8. The summed E-state index contributed by atoms with van der Waals surface area (Å²) in [6.45, 7) is 7.02. The first kappa shape index (κ1) is 18.1. The number of pyridine rings is 1. The summed E-state index contributed by atoms with van der Waals surface area (Å²) in [6, 6.07) is 9.68. The topological polar surface area (TPSA) is 128 Å². The maximum atomic E-state index is 11.6. The molecule has 0 saturated carbocycles. The van der Waals surface area contributed by atoms with Crippen molar-refractivity contribution in [3.05, 3.63) is 48.7 Å². The Labute approximate surface area is 145 Å². The molecule has 0 aliphatic rings. The first-order valence-corrected chi connectivity index (χ1v) is 7.54. The number of nitrogens with zero attached hydrogens (tertiary/aromatic N) is 3. The highest BCUT2D eigenvalue weighted by Crippen LogP contribution is 2.31. The van der Waals surface area contributed by atoms with Crippen molar-refractivity contribution in [3.8, 4) is 5.75 Å². The fourth-order valence-electron chi connectivity index (χ4n) is 1.78. The van der Waals surface area contributed by atoms with Crippen molar-refractivity contribution < 1.29 is 9.53 Å². The Morgan fingerprint density at radius 1 is 1.24 bits per heavy atom. The summed E-state index contributed by atoms with van der Waals surface area (Å²) in [4.78, 5) is 15.6. The fourth-order valence-corrected chi connectivity index (χ4v) is 1.78. The lowest BCUT2D eigenvalue weighted by Crippen LogP contribution is -2.32. The molecule has 0 fully saturated rings. The number of para-hydroxylation sites is 1. The van der Waals surface area contributed by atoms with Crippen molar-refractivity contribution in [2.24, 2.45) is 16.0 Å². The Kier molecular flexibility index (Phi) is 5.80. The van der Waals surface area contributed by atoms with Gasteiger partial charge in [-0.3, -0.25) is 4.79 Å². The third-order valence-corrected chi connectivity index (χ3v) is 2.98. The molecular formula is C17H20N6O2. The van der Waals surface area contributed by atoms with E-state index in [1.807, 2.05) is 12.1 Å². The number of ether oxygens (including phenoxy) is 1. The lowest BCUT2D eigenvalue weighted by atomic mass is 10.3. The molecule has 0 saturated heterocycles. The van der Waals surface area contributed by atoms with Crippen LogP contribution in [0.5, 0.6) is 5.75 Å². The molecule has 130 valence electrons. The third kappa shape index (κ3) is 5.11. The summed E-state index contributed by atoms with van der Waals surface area (Å²) in [5.74, 6) is 1.14. The van der Waals surface area contributed by atoms with Crippen LogP contribution in [0.4, 0.5) is 23.0 Å². The van der Waals surface area contributed by atoms with Crippen LogP contribution in [-0.4, -0.2) is 16.9 Å². The third-order valence-electron chi connectivity index (χ3n) is 2.98. The van der Waals surface area contributed by atoms with Crippen molar-refractivity contribution in [2.45, 2.75) is 19.9 Å². The molecule has 0 aliphatic carbocycles. The average Bonchev–Trinajstić information content (AvgIpc) is 2.54. The van der Waals surface area contributed by atoms with E-state index >= 15 is 0 Å². The zero-order chi connectivity index (χ0) is 18.4. The Morgan fingerprint density at radius 2 is 1.92 bits per heavy atom. The highest BCUT2D eigenvalue weighted by molar-refractivity contribution is 5.93. The van der Waals surface area contributed by atoms with Crippen molar-refractivity contribution in [1.82, 2.24) is 4.98 Å². The van der Waals surface area contributed by atoms with Gasteiger partial charge < -0.3 is 21.5 Å². The summed E-state index contributed by atoms with van der Waals surface area (Å²) < 4.78 is 5.49. The molecule has 1 heterocycles. The highest BCUT2D eigenvalue weighted by atomic mass is 16.5. The van der Waals surface area contributed by atoms with Gasteiger partial charge in [-0.05, 0) is 38.1 Å². The van der Waals surface area contributed by atoms with E-state index in [1.165, 1.54) is 0 Å². The van der Waals surface area contributed by atoms with Crippen LogP contribution in [0.3, 0.4) is 0 Å². The lowest BCUT2D eigenvalue weighted by Gasteiger charge is -2.08.